The summed E-state index contributed by atoms with van der Waals surface area (Å²) in [6.45, 7) is 0. The van der Waals surface area contributed by atoms with Crippen molar-refractivity contribution in [3.05, 3.63) is 30.5 Å². The van der Waals surface area contributed by atoms with E-state index >= 15 is 0 Å². The van der Waals surface area contributed by atoms with Gasteiger partial charge in [0.05, 0.1) is 0 Å². The maximum absolute atomic E-state index is 9.55. The van der Waals surface area contributed by atoms with E-state index in [4.69, 9.17) is 15.9 Å². The van der Waals surface area contributed by atoms with Crippen LogP contribution in [-0.2, 0) is 9.59 Å². The zero-order valence-corrected chi connectivity index (χ0v) is 7.18. The maximum atomic E-state index is 9.55. The number of carboxylic acids is 2. The van der Waals surface area contributed by atoms with Crippen LogP contribution in [0.3, 0.4) is 0 Å². The normalized spacial score (nSPS) is 9.14. The van der Waals surface area contributed by atoms with Crippen LogP contribution in [-0.4, -0.2) is 27.1 Å². The molecule has 1 aromatic rings. The molecule has 0 saturated heterocycles. The summed E-state index contributed by atoms with van der Waals surface area (Å²) in [6, 6.07) is 3.66. The van der Waals surface area contributed by atoms with E-state index in [2.05, 4.69) is 4.98 Å². The number of nitrogen functional groups attached to an aromatic ring is 1. The van der Waals surface area contributed by atoms with Gasteiger partial charge < -0.3 is 20.9 Å². The molecule has 0 amide bonds. The van der Waals surface area contributed by atoms with Gasteiger partial charge in [-0.2, -0.15) is 0 Å². The number of H-pyrrole nitrogens is 1. The van der Waals surface area contributed by atoms with E-state index in [1.807, 2.05) is 6.07 Å². The number of rotatable bonds is 2. The molecule has 0 fully saturated rings. The molecule has 5 N–H and O–H groups in total. The monoisotopic (exact) mass is 198 g/mol. The molecule has 6 nitrogen and oxygen atoms in total. The lowest BCUT2D eigenvalue weighted by Crippen LogP contribution is -1.91. The molecule has 14 heavy (non-hydrogen) atoms. The quantitative estimate of drug-likeness (QED) is 0.510. The van der Waals surface area contributed by atoms with Gasteiger partial charge in [-0.3, -0.25) is 0 Å². The van der Waals surface area contributed by atoms with E-state index in [0.717, 1.165) is 5.82 Å². The number of aromatic nitrogens is 1. The van der Waals surface area contributed by atoms with Gasteiger partial charge in [-0.15, -0.1) is 0 Å². The summed E-state index contributed by atoms with van der Waals surface area (Å²) >= 11 is 0. The average Bonchev–Trinajstić information content (AvgIpc) is 2.53. The molecule has 1 rings (SSSR count). The lowest BCUT2D eigenvalue weighted by Gasteiger charge is -1.74. The maximum Gasteiger partial charge on any atom is 0.328 e. The lowest BCUT2D eigenvalue weighted by molar-refractivity contribution is -0.134. The van der Waals surface area contributed by atoms with E-state index in [-0.39, 0.29) is 0 Å². The zero-order chi connectivity index (χ0) is 11.0. The summed E-state index contributed by atoms with van der Waals surface area (Å²) in [6.07, 6.45) is 2.90. The Morgan fingerprint density at radius 2 is 1.79 bits per heavy atom. The first-order valence-electron chi connectivity index (χ1n) is 3.55. The first kappa shape index (κ1) is 11.8. The molecule has 6 heteroatoms. The second kappa shape index (κ2) is 6.30. The number of aliphatic carboxylic acids is 2. The van der Waals surface area contributed by atoms with Crippen LogP contribution in [0.1, 0.15) is 0 Å². The standard InChI is InChI=1S/C4H6N2.C4H4O4/c5-4-2-1-3-6-4;5-3(6)1-2-4(7)8/h1-3,6H,5H2;1-2H,(H,5,6)(H,7,8)/b;2-1-. The van der Waals surface area contributed by atoms with Crippen LogP contribution in [0.25, 0.3) is 0 Å². The van der Waals surface area contributed by atoms with Crippen LogP contribution in [0.5, 0.6) is 0 Å². The predicted octanol–water partition coefficient (Wildman–Crippen LogP) is 0.309. The number of nitrogens with one attached hydrogen (secondary N) is 1. The summed E-state index contributed by atoms with van der Waals surface area (Å²) in [5.41, 5.74) is 5.22. The van der Waals surface area contributed by atoms with Crippen LogP contribution in [0.4, 0.5) is 5.82 Å². The van der Waals surface area contributed by atoms with Gasteiger partial charge in [-0.1, -0.05) is 0 Å². The Kier molecular flexibility index (Phi) is 5.29. The van der Waals surface area contributed by atoms with E-state index in [0.29, 0.717) is 12.2 Å². The highest BCUT2D eigenvalue weighted by molar-refractivity contribution is 5.89. The molecular formula is C8H10N2O4. The molecule has 1 heterocycles. The SMILES string of the molecule is Nc1ccc[nH]1.O=C(O)/C=C\C(=O)O. The molecule has 0 radical (unpaired) electrons. The van der Waals surface area contributed by atoms with E-state index in [1.165, 1.54) is 0 Å². The zero-order valence-electron chi connectivity index (χ0n) is 7.18. The fraction of sp³-hybridized carbons (Fsp3) is 0. The molecular weight excluding hydrogens is 188 g/mol. The average molecular weight is 198 g/mol. The van der Waals surface area contributed by atoms with Gasteiger partial charge in [0.25, 0.3) is 0 Å². The molecule has 0 aliphatic heterocycles. The van der Waals surface area contributed by atoms with Crippen molar-refractivity contribution in [2.75, 3.05) is 5.73 Å². The minimum Gasteiger partial charge on any atom is -0.478 e. The highest BCUT2D eigenvalue weighted by atomic mass is 16.4. The summed E-state index contributed by atoms with van der Waals surface area (Å²) < 4.78 is 0. The van der Waals surface area contributed by atoms with Gasteiger partial charge in [-0.25, -0.2) is 9.59 Å². The van der Waals surface area contributed by atoms with Crippen molar-refractivity contribution in [3.63, 3.8) is 0 Å². The number of hydrogen-bond donors (Lipinski definition) is 4. The van der Waals surface area contributed by atoms with Gasteiger partial charge in [0, 0.05) is 18.3 Å². The van der Waals surface area contributed by atoms with Crippen molar-refractivity contribution >= 4 is 17.8 Å². The van der Waals surface area contributed by atoms with Crippen LogP contribution >= 0.6 is 0 Å². The third-order valence-electron chi connectivity index (χ3n) is 0.990. The van der Waals surface area contributed by atoms with Crippen LogP contribution in [0.15, 0.2) is 30.5 Å². The molecule has 76 valence electrons. The number of nitrogens with two attached hydrogens (primary N) is 1. The minimum absolute atomic E-state index is 0.558. The summed E-state index contributed by atoms with van der Waals surface area (Å²) in [7, 11) is 0. The molecule has 0 unspecified atom stereocenters. The third-order valence-corrected chi connectivity index (χ3v) is 0.990. The van der Waals surface area contributed by atoms with Crippen molar-refractivity contribution in [2.45, 2.75) is 0 Å². The summed E-state index contributed by atoms with van der Waals surface area (Å²) in [5.74, 6) is -1.80. The van der Waals surface area contributed by atoms with Gasteiger partial charge in [-0.05, 0) is 12.1 Å². The molecule has 0 saturated carbocycles. The van der Waals surface area contributed by atoms with Gasteiger partial charge >= 0.3 is 11.9 Å². The van der Waals surface area contributed by atoms with Crippen LogP contribution in [0, 0.1) is 0 Å². The summed E-state index contributed by atoms with van der Waals surface area (Å²) in [4.78, 5) is 21.9. The largest absolute Gasteiger partial charge is 0.478 e. The van der Waals surface area contributed by atoms with Crippen molar-refractivity contribution in [3.8, 4) is 0 Å². The van der Waals surface area contributed by atoms with Crippen molar-refractivity contribution in [1.29, 1.82) is 0 Å². The second-order valence-electron chi connectivity index (χ2n) is 2.14. The number of anilines is 1. The third kappa shape index (κ3) is 7.86. The Morgan fingerprint density at radius 1 is 1.29 bits per heavy atom. The molecule has 0 aromatic carbocycles. The molecule has 0 bridgehead atoms. The Bertz CT molecular complexity index is 300. The Labute approximate surface area is 79.7 Å². The second-order valence-corrected chi connectivity index (χ2v) is 2.14. The Balaban J connectivity index is 0.000000249. The fourth-order valence-electron chi connectivity index (χ4n) is 0.487. The molecule has 0 atom stereocenters. The van der Waals surface area contributed by atoms with Crippen LogP contribution < -0.4 is 5.73 Å². The highest BCUT2D eigenvalue weighted by Crippen LogP contribution is 1.90. The smallest absolute Gasteiger partial charge is 0.328 e. The summed E-state index contributed by atoms with van der Waals surface area (Å²) in [5, 5.41) is 15.6. The first-order chi connectivity index (χ1) is 6.52. The predicted molar refractivity (Wildman–Crippen MR) is 49.6 cm³/mol. The lowest BCUT2D eigenvalue weighted by atomic mass is 10.5. The van der Waals surface area contributed by atoms with E-state index in [9.17, 15) is 9.59 Å². The first-order valence-corrected chi connectivity index (χ1v) is 3.55. The molecule has 1 aromatic heterocycles. The van der Waals surface area contributed by atoms with E-state index in [1.54, 1.807) is 12.3 Å². The fourth-order valence-corrected chi connectivity index (χ4v) is 0.487. The Hall–Kier alpha value is -2.24. The topological polar surface area (TPSA) is 116 Å². The van der Waals surface area contributed by atoms with Crippen molar-refractivity contribution in [1.82, 2.24) is 4.98 Å². The van der Waals surface area contributed by atoms with Crippen LogP contribution in [0.2, 0.25) is 0 Å². The van der Waals surface area contributed by atoms with E-state index < -0.39 is 11.9 Å². The minimum atomic E-state index is -1.26. The van der Waals surface area contributed by atoms with Gasteiger partial charge in [0.15, 0.2) is 0 Å². The Morgan fingerprint density at radius 3 is 1.93 bits per heavy atom. The number of carboxylic acid groups (broad SMARTS) is 2. The highest BCUT2D eigenvalue weighted by Gasteiger charge is 1.88. The molecule has 0 aliphatic rings. The number of aromatic amines is 1. The molecule has 0 spiro atoms. The van der Waals surface area contributed by atoms with Crippen molar-refractivity contribution < 1.29 is 19.8 Å². The van der Waals surface area contributed by atoms with Crippen molar-refractivity contribution in [2.24, 2.45) is 0 Å². The number of hydrogen-bond acceptors (Lipinski definition) is 3. The van der Waals surface area contributed by atoms with Gasteiger partial charge in [0.2, 0.25) is 0 Å². The number of carbonyl (C=O) groups is 2. The molecule has 0 aliphatic carbocycles. The van der Waals surface area contributed by atoms with Gasteiger partial charge in [0.1, 0.15) is 5.82 Å².